The summed E-state index contributed by atoms with van der Waals surface area (Å²) >= 11 is 0. The smallest absolute Gasteiger partial charge is 0.348 e. The molecule has 0 aliphatic heterocycles. The Labute approximate surface area is 160 Å². The van der Waals surface area contributed by atoms with Crippen LogP contribution in [0.2, 0.25) is 0 Å². The predicted molar refractivity (Wildman–Crippen MR) is 106 cm³/mol. The summed E-state index contributed by atoms with van der Waals surface area (Å²) in [6.07, 6.45) is 0.894. The highest BCUT2D eigenvalue weighted by atomic mass is 16.5. The van der Waals surface area contributed by atoms with Gasteiger partial charge in [-0.3, -0.25) is 0 Å². The molecule has 3 N–H and O–H groups in total. The number of nitrogens with one attached hydrogen (secondary N) is 1. The number of fused-ring (bicyclic) bond motifs is 1. The molecule has 0 atom stereocenters. The van der Waals surface area contributed by atoms with Crippen LogP contribution in [0.5, 0.6) is 17.2 Å². The van der Waals surface area contributed by atoms with Gasteiger partial charge in [0.25, 0.3) is 0 Å². The van der Waals surface area contributed by atoms with Crippen molar-refractivity contribution in [3.8, 4) is 34.3 Å². The second-order valence-electron chi connectivity index (χ2n) is 6.40. The number of hydrogen-bond donors (Lipinski definition) is 3. The van der Waals surface area contributed by atoms with E-state index in [2.05, 4.69) is 10.2 Å². The van der Waals surface area contributed by atoms with Crippen LogP contribution in [0.25, 0.3) is 27.8 Å². The number of H-pyrrole nitrogens is 1. The Morgan fingerprint density at radius 1 is 1.11 bits per heavy atom. The van der Waals surface area contributed by atoms with Crippen LogP contribution >= 0.6 is 0 Å². The number of ether oxygens (including phenoxy) is 1. The average Bonchev–Trinajstić information content (AvgIpc) is 3.06. The zero-order chi connectivity index (χ0) is 19.7. The third kappa shape index (κ3) is 3.07. The SMILES string of the molecule is CCCOc1ccc2cccc(-n3c(-c4ccc(O)cc4O)n[nH]c3=O)c2c1. The van der Waals surface area contributed by atoms with E-state index in [-0.39, 0.29) is 17.3 Å². The first-order valence-electron chi connectivity index (χ1n) is 8.94. The van der Waals surface area contributed by atoms with Crippen molar-refractivity contribution >= 4 is 10.8 Å². The standard InChI is InChI=1S/C21H19N3O4/c1-2-10-28-15-8-6-13-4-3-5-18(17(13)12-15)24-20(22-23-21(24)27)16-9-7-14(25)11-19(16)26/h3-9,11-12,25-26H,2,10H2,1H3,(H,23,27). The molecule has 7 heteroatoms. The molecule has 142 valence electrons. The molecule has 0 amide bonds. The van der Waals surface area contributed by atoms with Crippen molar-refractivity contribution in [2.24, 2.45) is 0 Å². The van der Waals surface area contributed by atoms with Gasteiger partial charge in [-0.15, -0.1) is 0 Å². The Kier molecular flexibility index (Phi) is 4.49. The van der Waals surface area contributed by atoms with Gasteiger partial charge in [0, 0.05) is 11.5 Å². The second kappa shape index (κ2) is 7.11. The molecule has 0 bridgehead atoms. The Bertz CT molecular complexity index is 1210. The minimum absolute atomic E-state index is 0.0754. The first-order chi connectivity index (χ1) is 13.6. The highest BCUT2D eigenvalue weighted by Gasteiger charge is 2.18. The summed E-state index contributed by atoms with van der Waals surface area (Å²) in [5, 5.41) is 28.1. The Balaban J connectivity index is 1.94. The van der Waals surface area contributed by atoms with Gasteiger partial charge in [-0.2, -0.15) is 5.10 Å². The molecular formula is C21H19N3O4. The number of phenolic OH excluding ortho intramolecular Hbond substituents is 2. The van der Waals surface area contributed by atoms with Crippen LogP contribution in [0.4, 0.5) is 0 Å². The lowest BCUT2D eigenvalue weighted by atomic mass is 10.1. The molecule has 0 spiro atoms. The van der Waals surface area contributed by atoms with Crippen LogP contribution in [-0.2, 0) is 0 Å². The number of phenols is 2. The second-order valence-corrected chi connectivity index (χ2v) is 6.40. The van der Waals surface area contributed by atoms with Crippen LogP contribution in [0.1, 0.15) is 13.3 Å². The van der Waals surface area contributed by atoms with E-state index in [0.29, 0.717) is 23.6 Å². The van der Waals surface area contributed by atoms with Crippen molar-refractivity contribution < 1.29 is 14.9 Å². The molecule has 0 aliphatic carbocycles. The molecular weight excluding hydrogens is 358 g/mol. The number of rotatable bonds is 5. The molecule has 3 aromatic carbocycles. The molecule has 0 saturated carbocycles. The number of nitrogens with zero attached hydrogens (tertiary/aromatic N) is 2. The van der Waals surface area contributed by atoms with Crippen LogP contribution < -0.4 is 10.4 Å². The lowest BCUT2D eigenvalue weighted by Crippen LogP contribution is -2.16. The van der Waals surface area contributed by atoms with Crippen molar-refractivity contribution in [2.45, 2.75) is 13.3 Å². The minimum Gasteiger partial charge on any atom is -0.508 e. The lowest BCUT2D eigenvalue weighted by molar-refractivity contribution is 0.318. The number of benzene rings is 3. The first kappa shape index (κ1) is 17.7. The van der Waals surface area contributed by atoms with Gasteiger partial charge in [-0.05, 0) is 42.1 Å². The molecule has 28 heavy (non-hydrogen) atoms. The normalized spacial score (nSPS) is 11.0. The topological polar surface area (TPSA) is 100 Å². The van der Waals surface area contributed by atoms with E-state index < -0.39 is 5.69 Å². The van der Waals surface area contributed by atoms with Gasteiger partial charge in [-0.25, -0.2) is 14.5 Å². The van der Waals surface area contributed by atoms with Gasteiger partial charge in [0.05, 0.1) is 17.9 Å². The van der Waals surface area contributed by atoms with Gasteiger partial charge < -0.3 is 14.9 Å². The summed E-state index contributed by atoms with van der Waals surface area (Å²) in [5.41, 5.74) is 0.502. The van der Waals surface area contributed by atoms with Crippen LogP contribution in [0.15, 0.2) is 59.4 Å². The molecule has 1 aromatic heterocycles. The third-order valence-electron chi connectivity index (χ3n) is 4.44. The predicted octanol–water partition coefficient (Wildman–Crippen LogP) is 3.58. The Hall–Kier alpha value is -3.74. The van der Waals surface area contributed by atoms with Gasteiger partial charge in [0.2, 0.25) is 0 Å². The molecule has 0 unspecified atom stereocenters. The first-order valence-corrected chi connectivity index (χ1v) is 8.94. The largest absolute Gasteiger partial charge is 0.508 e. The van der Waals surface area contributed by atoms with Crippen molar-refractivity contribution in [1.82, 2.24) is 14.8 Å². The summed E-state index contributed by atoms with van der Waals surface area (Å²) in [5.74, 6) is 0.711. The number of hydrogen-bond acceptors (Lipinski definition) is 5. The fraction of sp³-hybridized carbons (Fsp3) is 0.143. The number of aromatic amines is 1. The zero-order valence-electron chi connectivity index (χ0n) is 15.2. The monoisotopic (exact) mass is 377 g/mol. The Morgan fingerprint density at radius 2 is 1.96 bits per heavy atom. The highest BCUT2D eigenvalue weighted by Crippen LogP contribution is 2.33. The van der Waals surface area contributed by atoms with Gasteiger partial charge in [0.15, 0.2) is 5.82 Å². The summed E-state index contributed by atoms with van der Waals surface area (Å²) in [6, 6.07) is 15.5. The minimum atomic E-state index is -0.435. The zero-order valence-corrected chi connectivity index (χ0v) is 15.2. The molecule has 1 heterocycles. The highest BCUT2D eigenvalue weighted by molar-refractivity contribution is 5.92. The van der Waals surface area contributed by atoms with E-state index in [4.69, 9.17) is 4.74 Å². The van der Waals surface area contributed by atoms with Crippen LogP contribution in [0, 0.1) is 0 Å². The van der Waals surface area contributed by atoms with Crippen LogP contribution in [0.3, 0.4) is 0 Å². The van der Waals surface area contributed by atoms with Crippen molar-refractivity contribution in [3.05, 3.63) is 65.1 Å². The molecule has 0 radical (unpaired) electrons. The van der Waals surface area contributed by atoms with E-state index >= 15 is 0 Å². The maximum Gasteiger partial charge on any atom is 0.348 e. The van der Waals surface area contributed by atoms with Crippen molar-refractivity contribution in [1.29, 1.82) is 0 Å². The van der Waals surface area contributed by atoms with Gasteiger partial charge in [0.1, 0.15) is 17.2 Å². The molecule has 0 saturated heterocycles. The number of aromatic hydroxyl groups is 2. The summed E-state index contributed by atoms with van der Waals surface area (Å²) in [7, 11) is 0. The van der Waals surface area contributed by atoms with Gasteiger partial charge in [-0.1, -0.05) is 25.1 Å². The van der Waals surface area contributed by atoms with E-state index in [0.717, 1.165) is 17.2 Å². The quantitative estimate of drug-likeness (QED) is 0.494. The summed E-state index contributed by atoms with van der Waals surface area (Å²) in [4.78, 5) is 12.6. The average molecular weight is 377 g/mol. The van der Waals surface area contributed by atoms with E-state index in [1.54, 1.807) is 0 Å². The van der Waals surface area contributed by atoms with E-state index in [9.17, 15) is 15.0 Å². The maximum atomic E-state index is 12.6. The molecule has 4 aromatic rings. The van der Waals surface area contributed by atoms with Crippen molar-refractivity contribution in [2.75, 3.05) is 6.61 Å². The van der Waals surface area contributed by atoms with E-state index in [1.807, 2.05) is 43.3 Å². The fourth-order valence-corrected chi connectivity index (χ4v) is 3.15. The van der Waals surface area contributed by atoms with Crippen molar-refractivity contribution in [3.63, 3.8) is 0 Å². The lowest BCUT2D eigenvalue weighted by Gasteiger charge is -2.12. The van der Waals surface area contributed by atoms with E-state index in [1.165, 1.54) is 22.8 Å². The molecule has 0 aliphatic rings. The maximum absolute atomic E-state index is 12.6. The molecule has 4 rings (SSSR count). The third-order valence-corrected chi connectivity index (χ3v) is 4.44. The number of aromatic nitrogens is 3. The van der Waals surface area contributed by atoms with Gasteiger partial charge >= 0.3 is 5.69 Å². The summed E-state index contributed by atoms with van der Waals surface area (Å²) < 4.78 is 7.14. The summed E-state index contributed by atoms with van der Waals surface area (Å²) in [6.45, 7) is 2.64. The van der Waals surface area contributed by atoms with Crippen LogP contribution in [-0.4, -0.2) is 31.6 Å². The molecule has 7 nitrogen and oxygen atoms in total. The Morgan fingerprint density at radius 3 is 2.75 bits per heavy atom. The molecule has 0 fully saturated rings. The fourth-order valence-electron chi connectivity index (χ4n) is 3.15.